The molecule has 1 aliphatic heterocycles. The van der Waals surface area contributed by atoms with Gasteiger partial charge in [0.2, 0.25) is 0 Å². The highest BCUT2D eigenvalue weighted by Crippen LogP contribution is 2.08. The predicted molar refractivity (Wildman–Crippen MR) is 71.5 cm³/mol. The van der Waals surface area contributed by atoms with Crippen LogP contribution in [0.1, 0.15) is 10.5 Å². The molecule has 2 rings (SSSR count). The number of rotatable bonds is 4. The van der Waals surface area contributed by atoms with Crippen LogP contribution in [-0.2, 0) is 6.54 Å². The lowest BCUT2D eigenvalue weighted by molar-refractivity contribution is 0.0691. The van der Waals surface area contributed by atoms with Gasteiger partial charge in [0, 0.05) is 43.9 Å². The Bertz CT molecular complexity index is 457. The molecule has 0 aliphatic carbocycles. The van der Waals surface area contributed by atoms with E-state index in [0.29, 0.717) is 13.1 Å². The Balaban J connectivity index is 1.73. The number of carboxylic acids is 1. The minimum atomic E-state index is -1.05. The normalized spacial score (nSPS) is 15.3. The average Bonchev–Trinajstić information content (AvgIpc) is 2.89. The molecule has 2 amide bonds. The largest absolute Gasteiger partial charge is 0.476 e. The molecule has 7 nitrogen and oxygen atoms in total. The number of aromatic carboxylic acids is 1. The summed E-state index contributed by atoms with van der Waals surface area (Å²) < 4.78 is 1.65. The van der Waals surface area contributed by atoms with Crippen LogP contribution in [0.15, 0.2) is 12.5 Å². The lowest BCUT2D eigenvalue weighted by Gasteiger charge is -2.26. The molecule has 1 saturated heterocycles. The first-order chi connectivity index (χ1) is 9.16. The predicted octanol–water partition coefficient (Wildman–Crippen LogP) is 0.340. The molecule has 0 atom stereocenters. The fraction of sp³-hybridized carbons (Fsp3) is 0.545. The second-order valence-corrected chi connectivity index (χ2v) is 5.36. The van der Waals surface area contributed by atoms with Crippen molar-refractivity contribution in [3.8, 4) is 0 Å². The van der Waals surface area contributed by atoms with Crippen molar-refractivity contribution in [1.29, 1.82) is 0 Å². The van der Waals surface area contributed by atoms with Crippen LogP contribution < -0.4 is 5.32 Å². The summed E-state index contributed by atoms with van der Waals surface area (Å²) in [6.45, 7) is 2.53. The highest BCUT2D eigenvalue weighted by Gasteiger charge is 2.15. The number of aromatic nitrogens is 2. The van der Waals surface area contributed by atoms with Gasteiger partial charge in [-0.3, -0.25) is 0 Å². The topological polar surface area (TPSA) is 87.5 Å². The third kappa shape index (κ3) is 3.88. The number of carbonyl (C=O) groups is 2. The van der Waals surface area contributed by atoms with E-state index in [2.05, 4.69) is 10.3 Å². The first-order valence-corrected chi connectivity index (χ1v) is 7.18. The van der Waals surface area contributed by atoms with Gasteiger partial charge in [-0.1, -0.05) is 0 Å². The molecule has 0 bridgehead atoms. The van der Waals surface area contributed by atoms with Gasteiger partial charge in [-0.25, -0.2) is 14.6 Å². The summed E-state index contributed by atoms with van der Waals surface area (Å²) in [7, 11) is 0. The molecule has 0 spiro atoms. The molecule has 0 saturated carbocycles. The van der Waals surface area contributed by atoms with Crippen molar-refractivity contribution >= 4 is 23.8 Å². The van der Waals surface area contributed by atoms with Crippen molar-refractivity contribution in [1.82, 2.24) is 19.8 Å². The maximum Gasteiger partial charge on any atom is 0.356 e. The van der Waals surface area contributed by atoms with Crippen LogP contribution >= 0.6 is 11.8 Å². The summed E-state index contributed by atoms with van der Waals surface area (Å²) in [4.78, 5) is 28.0. The van der Waals surface area contributed by atoms with E-state index in [-0.39, 0.29) is 11.7 Å². The number of carboxylic acid groups (broad SMARTS) is 1. The number of nitrogens with one attached hydrogen (secondary N) is 1. The minimum Gasteiger partial charge on any atom is -0.476 e. The lowest BCUT2D eigenvalue weighted by Crippen LogP contribution is -2.45. The van der Waals surface area contributed by atoms with Gasteiger partial charge < -0.3 is 19.9 Å². The van der Waals surface area contributed by atoms with Crippen molar-refractivity contribution in [2.45, 2.75) is 6.54 Å². The summed E-state index contributed by atoms with van der Waals surface area (Å²) in [5.74, 6) is 0.919. The van der Waals surface area contributed by atoms with Crippen LogP contribution in [-0.4, -0.2) is 62.7 Å². The number of hydrogen-bond donors (Lipinski definition) is 2. The fourth-order valence-electron chi connectivity index (χ4n) is 1.76. The number of nitrogens with zero attached hydrogens (tertiary/aromatic N) is 3. The average molecular weight is 284 g/mol. The SMILES string of the molecule is O=C(O)c1cn(CCNC(=O)N2CCSCC2)cn1. The Morgan fingerprint density at radius 3 is 2.79 bits per heavy atom. The number of urea groups is 1. The van der Waals surface area contributed by atoms with E-state index in [0.717, 1.165) is 24.6 Å². The molecule has 2 heterocycles. The van der Waals surface area contributed by atoms with Crippen LogP contribution in [0.25, 0.3) is 0 Å². The van der Waals surface area contributed by atoms with Crippen LogP contribution in [0.2, 0.25) is 0 Å². The Morgan fingerprint density at radius 2 is 2.16 bits per heavy atom. The maximum atomic E-state index is 11.8. The molecular weight excluding hydrogens is 268 g/mol. The molecule has 0 radical (unpaired) electrons. The monoisotopic (exact) mass is 284 g/mol. The van der Waals surface area contributed by atoms with Gasteiger partial charge in [-0.15, -0.1) is 0 Å². The van der Waals surface area contributed by atoms with Gasteiger partial charge in [-0.2, -0.15) is 11.8 Å². The van der Waals surface area contributed by atoms with Crippen LogP contribution in [0.3, 0.4) is 0 Å². The maximum absolute atomic E-state index is 11.8. The lowest BCUT2D eigenvalue weighted by atomic mass is 10.5. The molecule has 2 N–H and O–H groups in total. The quantitative estimate of drug-likeness (QED) is 0.832. The van der Waals surface area contributed by atoms with Gasteiger partial charge >= 0.3 is 12.0 Å². The van der Waals surface area contributed by atoms with Crippen molar-refractivity contribution < 1.29 is 14.7 Å². The van der Waals surface area contributed by atoms with Gasteiger partial charge in [0.15, 0.2) is 5.69 Å². The van der Waals surface area contributed by atoms with E-state index < -0.39 is 5.97 Å². The zero-order valence-electron chi connectivity index (χ0n) is 10.4. The van der Waals surface area contributed by atoms with E-state index in [1.165, 1.54) is 12.5 Å². The van der Waals surface area contributed by atoms with Gasteiger partial charge in [-0.05, 0) is 0 Å². The summed E-state index contributed by atoms with van der Waals surface area (Å²) in [6.07, 6.45) is 2.90. The number of carbonyl (C=O) groups excluding carboxylic acids is 1. The molecule has 1 aromatic rings. The van der Waals surface area contributed by atoms with Crippen molar-refractivity contribution in [2.75, 3.05) is 31.1 Å². The molecule has 8 heteroatoms. The summed E-state index contributed by atoms with van der Waals surface area (Å²) in [6, 6.07) is -0.0566. The van der Waals surface area contributed by atoms with Crippen molar-refractivity contribution in [3.63, 3.8) is 0 Å². The fourth-order valence-corrected chi connectivity index (χ4v) is 2.67. The number of imidazole rings is 1. The molecular formula is C11H16N4O3S. The van der Waals surface area contributed by atoms with E-state index in [1.54, 1.807) is 9.47 Å². The molecule has 0 unspecified atom stereocenters. The molecule has 0 aromatic carbocycles. The van der Waals surface area contributed by atoms with Crippen molar-refractivity contribution in [2.24, 2.45) is 0 Å². The van der Waals surface area contributed by atoms with E-state index in [9.17, 15) is 9.59 Å². The molecule has 1 aliphatic rings. The Hall–Kier alpha value is -1.70. The highest BCUT2D eigenvalue weighted by molar-refractivity contribution is 7.99. The number of hydrogen-bond acceptors (Lipinski definition) is 4. The second-order valence-electron chi connectivity index (χ2n) is 4.13. The first kappa shape index (κ1) is 13.7. The molecule has 19 heavy (non-hydrogen) atoms. The van der Waals surface area contributed by atoms with Crippen molar-refractivity contribution in [3.05, 3.63) is 18.2 Å². The van der Waals surface area contributed by atoms with Crippen LogP contribution in [0, 0.1) is 0 Å². The zero-order valence-corrected chi connectivity index (χ0v) is 11.2. The first-order valence-electron chi connectivity index (χ1n) is 6.02. The van der Waals surface area contributed by atoms with Gasteiger partial charge in [0.1, 0.15) is 0 Å². The van der Waals surface area contributed by atoms with Crippen LogP contribution in [0.4, 0.5) is 4.79 Å². The Morgan fingerprint density at radius 1 is 1.42 bits per heavy atom. The van der Waals surface area contributed by atoms with Crippen LogP contribution in [0.5, 0.6) is 0 Å². The van der Waals surface area contributed by atoms with E-state index in [1.807, 2.05) is 11.8 Å². The summed E-state index contributed by atoms with van der Waals surface area (Å²) in [5.41, 5.74) is 0.0133. The third-order valence-corrected chi connectivity index (χ3v) is 3.74. The summed E-state index contributed by atoms with van der Waals surface area (Å²) in [5, 5.41) is 11.5. The molecule has 1 aromatic heterocycles. The Kier molecular flexibility index (Phi) is 4.67. The number of amides is 2. The summed E-state index contributed by atoms with van der Waals surface area (Å²) >= 11 is 1.85. The van der Waals surface area contributed by atoms with E-state index in [4.69, 9.17) is 5.11 Å². The number of thioether (sulfide) groups is 1. The standard InChI is InChI=1S/C11H16N4O3S/c16-10(17)9-7-14(8-13-9)2-1-12-11(18)15-3-5-19-6-4-15/h7-8H,1-6H2,(H,12,18)(H,16,17). The van der Waals surface area contributed by atoms with Gasteiger partial charge in [0.25, 0.3) is 0 Å². The Labute approximate surface area is 115 Å². The molecule has 1 fully saturated rings. The second kappa shape index (κ2) is 6.46. The zero-order chi connectivity index (χ0) is 13.7. The highest BCUT2D eigenvalue weighted by atomic mass is 32.2. The smallest absolute Gasteiger partial charge is 0.356 e. The van der Waals surface area contributed by atoms with E-state index >= 15 is 0 Å². The molecule has 104 valence electrons. The minimum absolute atomic E-state index is 0.0133. The van der Waals surface area contributed by atoms with Gasteiger partial charge in [0.05, 0.1) is 6.33 Å². The third-order valence-electron chi connectivity index (χ3n) is 2.80.